The van der Waals surface area contributed by atoms with E-state index in [1.165, 1.54) is 12.1 Å². The predicted molar refractivity (Wildman–Crippen MR) is 66.2 cm³/mol. The summed E-state index contributed by atoms with van der Waals surface area (Å²) in [7, 11) is 0. The zero-order valence-corrected chi connectivity index (χ0v) is 9.57. The first-order valence-electron chi connectivity index (χ1n) is 4.87. The van der Waals surface area contributed by atoms with Gasteiger partial charge in [0.15, 0.2) is 0 Å². The zero-order valence-electron chi connectivity index (χ0n) is 8.81. The molecule has 0 atom stereocenters. The Labute approximate surface area is 103 Å². The van der Waals surface area contributed by atoms with E-state index in [1.807, 2.05) is 0 Å². The maximum absolute atomic E-state index is 10.9. The summed E-state index contributed by atoms with van der Waals surface area (Å²) in [5.41, 5.74) is 0.723. The van der Waals surface area contributed by atoms with Gasteiger partial charge in [0, 0.05) is 5.56 Å². The van der Waals surface area contributed by atoms with Crippen LogP contribution in [-0.4, -0.2) is 11.1 Å². The fraction of sp³-hybridized carbons (Fsp3) is 0. The maximum atomic E-state index is 10.9. The molecular weight excluding hydrogens is 240 g/mol. The molecule has 1 aromatic heterocycles. The van der Waals surface area contributed by atoms with Crippen molar-refractivity contribution in [3.05, 3.63) is 53.3 Å². The SMILES string of the molecule is C=Cc1ccc(-c2ccc(Cl)c(C(=O)O)c2)o1. The lowest BCUT2D eigenvalue weighted by Crippen LogP contribution is -1.97. The van der Waals surface area contributed by atoms with Gasteiger partial charge in [0.1, 0.15) is 11.5 Å². The Bertz CT molecular complexity index is 584. The summed E-state index contributed by atoms with van der Waals surface area (Å²) < 4.78 is 5.44. The lowest BCUT2D eigenvalue weighted by molar-refractivity contribution is 0.0697. The molecule has 1 N–H and O–H groups in total. The number of rotatable bonds is 3. The molecular formula is C13H9ClO3. The number of hydrogen-bond donors (Lipinski definition) is 1. The average molecular weight is 249 g/mol. The van der Waals surface area contributed by atoms with Crippen LogP contribution >= 0.6 is 11.6 Å². The highest BCUT2D eigenvalue weighted by Gasteiger charge is 2.11. The second-order valence-electron chi connectivity index (χ2n) is 3.41. The maximum Gasteiger partial charge on any atom is 0.337 e. The van der Waals surface area contributed by atoms with Crippen molar-refractivity contribution in [1.29, 1.82) is 0 Å². The fourth-order valence-corrected chi connectivity index (χ4v) is 1.66. The molecule has 1 aromatic carbocycles. The second-order valence-corrected chi connectivity index (χ2v) is 3.81. The number of hydrogen-bond acceptors (Lipinski definition) is 2. The van der Waals surface area contributed by atoms with Crippen molar-refractivity contribution in [3.63, 3.8) is 0 Å². The molecule has 86 valence electrons. The molecule has 0 bridgehead atoms. The fourth-order valence-electron chi connectivity index (χ4n) is 1.46. The molecule has 1 heterocycles. The number of furan rings is 1. The molecule has 0 radical (unpaired) electrons. The van der Waals surface area contributed by atoms with E-state index < -0.39 is 5.97 Å². The topological polar surface area (TPSA) is 50.4 Å². The molecule has 0 amide bonds. The van der Waals surface area contributed by atoms with Crippen molar-refractivity contribution in [2.24, 2.45) is 0 Å². The lowest BCUT2D eigenvalue weighted by atomic mass is 10.1. The van der Waals surface area contributed by atoms with Crippen molar-refractivity contribution in [3.8, 4) is 11.3 Å². The van der Waals surface area contributed by atoms with Gasteiger partial charge < -0.3 is 9.52 Å². The normalized spacial score (nSPS) is 10.2. The van der Waals surface area contributed by atoms with E-state index in [2.05, 4.69) is 6.58 Å². The summed E-state index contributed by atoms with van der Waals surface area (Å²) in [5.74, 6) is 0.151. The van der Waals surface area contributed by atoms with Crippen LogP contribution in [0.3, 0.4) is 0 Å². The van der Waals surface area contributed by atoms with Gasteiger partial charge in [-0.2, -0.15) is 0 Å². The van der Waals surface area contributed by atoms with Crippen LogP contribution in [-0.2, 0) is 0 Å². The van der Waals surface area contributed by atoms with Crippen LogP contribution in [0.1, 0.15) is 16.1 Å². The third-order valence-corrected chi connectivity index (χ3v) is 2.64. The number of carbonyl (C=O) groups is 1. The first-order valence-corrected chi connectivity index (χ1v) is 5.25. The highest BCUT2D eigenvalue weighted by atomic mass is 35.5. The van der Waals surface area contributed by atoms with Gasteiger partial charge in [0.25, 0.3) is 0 Å². The third kappa shape index (κ3) is 2.24. The number of aromatic carboxylic acids is 1. The molecule has 17 heavy (non-hydrogen) atoms. The Balaban J connectivity index is 2.49. The van der Waals surface area contributed by atoms with Gasteiger partial charge in [-0.15, -0.1) is 0 Å². The van der Waals surface area contributed by atoms with Crippen LogP contribution in [0, 0.1) is 0 Å². The van der Waals surface area contributed by atoms with E-state index in [4.69, 9.17) is 21.1 Å². The van der Waals surface area contributed by atoms with E-state index in [-0.39, 0.29) is 10.6 Å². The molecule has 0 fully saturated rings. The number of benzene rings is 1. The summed E-state index contributed by atoms with van der Waals surface area (Å²) in [6, 6.07) is 8.25. The van der Waals surface area contributed by atoms with Crippen LogP contribution in [0.2, 0.25) is 5.02 Å². The van der Waals surface area contributed by atoms with Gasteiger partial charge in [-0.3, -0.25) is 0 Å². The van der Waals surface area contributed by atoms with Gasteiger partial charge in [0.2, 0.25) is 0 Å². The monoisotopic (exact) mass is 248 g/mol. The minimum atomic E-state index is -1.06. The van der Waals surface area contributed by atoms with Gasteiger partial charge in [-0.25, -0.2) is 4.79 Å². The summed E-state index contributed by atoms with van der Waals surface area (Å²) in [6.45, 7) is 3.59. The van der Waals surface area contributed by atoms with Crippen molar-refractivity contribution in [1.82, 2.24) is 0 Å². The smallest absolute Gasteiger partial charge is 0.337 e. The predicted octanol–water partition coefficient (Wildman–Crippen LogP) is 3.94. The van der Waals surface area contributed by atoms with Crippen molar-refractivity contribution in [2.45, 2.75) is 0 Å². The lowest BCUT2D eigenvalue weighted by Gasteiger charge is -2.01. The van der Waals surface area contributed by atoms with E-state index in [9.17, 15) is 4.79 Å². The molecule has 4 heteroatoms. The molecule has 0 aliphatic heterocycles. The Kier molecular flexibility index (Phi) is 3.02. The van der Waals surface area contributed by atoms with Crippen molar-refractivity contribution in [2.75, 3.05) is 0 Å². The van der Waals surface area contributed by atoms with E-state index in [0.29, 0.717) is 17.1 Å². The number of carboxylic acid groups (broad SMARTS) is 1. The summed E-state index contributed by atoms with van der Waals surface area (Å²) >= 11 is 5.78. The highest BCUT2D eigenvalue weighted by molar-refractivity contribution is 6.33. The third-order valence-electron chi connectivity index (χ3n) is 2.31. The Morgan fingerprint density at radius 3 is 2.71 bits per heavy atom. The quantitative estimate of drug-likeness (QED) is 0.895. The molecule has 3 nitrogen and oxygen atoms in total. The summed E-state index contributed by atoms with van der Waals surface area (Å²) in [4.78, 5) is 10.9. The molecule has 0 saturated carbocycles. The van der Waals surface area contributed by atoms with Gasteiger partial charge in [-0.1, -0.05) is 18.2 Å². The zero-order chi connectivity index (χ0) is 12.4. The summed E-state index contributed by atoms with van der Waals surface area (Å²) in [6.07, 6.45) is 1.58. The molecule has 2 aromatic rings. The van der Waals surface area contributed by atoms with Crippen LogP contribution in [0.5, 0.6) is 0 Å². The van der Waals surface area contributed by atoms with Gasteiger partial charge >= 0.3 is 5.97 Å². The summed E-state index contributed by atoms with van der Waals surface area (Å²) in [5, 5.41) is 9.16. The first kappa shape index (κ1) is 11.5. The molecule has 0 spiro atoms. The van der Waals surface area contributed by atoms with Crippen LogP contribution in [0.25, 0.3) is 17.4 Å². The van der Waals surface area contributed by atoms with Crippen LogP contribution in [0.4, 0.5) is 0 Å². The standard InChI is InChI=1S/C13H9ClO3/c1-2-9-4-6-12(17-9)8-3-5-11(14)10(7-8)13(15)16/h2-7H,1H2,(H,15,16). The Hall–Kier alpha value is -2.00. The largest absolute Gasteiger partial charge is 0.478 e. The number of carboxylic acids is 1. The second kappa shape index (κ2) is 4.47. The minimum Gasteiger partial charge on any atom is -0.478 e. The minimum absolute atomic E-state index is 0.0562. The molecule has 0 unspecified atom stereocenters. The highest BCUT2D eigenvalue weighted by Crippen LogP contribution is 2.27. The van der Waals surface area contributed by atoms with E-state index in [1.54, 1.807) is 24.3 Å². The van der Waals surface area contributed by atoms with E-state index >= 15 is 0 Å². The average Bonchev–Trinajstić information content (AvgIpc) is 2.78. The van der Waals surface area contributed by atoms with Gasteiger partial charge in [-0.05, 0) is 36.4 Å². The molecule has 2 rings (SSSR count). The molecule has 0 saturated heterocycles. The molecule has 0 aliphatic rings. The van der Waals surface area contributed by atoms with Crippen molar-refractivity contribution < 1.29 is 14.3 Å². The Morgan fingerprint density at radius 1 is 1.35 bits per heavy atom. The van der Waals surface area contributed by atoms with Crippen LogP contribution in [0.15, 0.2) is 41.3 Å². The Morgan fingerprint density at radius 2 is 2.12 bits per heavy atom. The molecule has 0 aliphatic carbocycles. The van der Waals surface area contributed by atoms with E-state index in [0.717, 1.165) is 0 Å². The first-order chi connectivity index (χ1) is 8.11. The van der Waals surface area contributed by atoms with Crippen molar-refractivity contribution >= 4 is 23.6 Å². The van der Waals surface area contributed by atoms with Crippen LogP contribution < -0.4 is 0 Å². The number of halogens is 1. The van der Waals surface area contributed by atoms with Gasteiger partial charge in [0.05, 0.1) is 10.6 Å².